The highest BCUT2D eigenvalue weighted by Gasteiger charge is 2.31. The van der Waals surface area contributed by atoms with Crippen molar-refractivity contribution in [3.63, 3.8) is 0 Å². The molecule has 0 aliphatic rings. The van der Waals surface area contributed by atoms with Gasteiger partial charge in [-0.1, -0.05) is 43.3 Å². The molecule has 0 spiro atoms. The van der Waals surface area contributed by atoms with E-state index in [4.69, 9.17) is 9.26 Å². The minimum atomic E-state index is -4.53. The maximum Gasteiger partial charge on any atom is 0.416 e. The molecule has 1 amide bonds. The number of alkyl halides is 3. The average molecular weight is 465 g/mol. The SMILES string of the molecule is CC(C)[C@H](NC(=O)c1ccccc1F)C(=O)OCc1nc(-c2cccc(C(F)(F)F)c2)no1. The molecule has 0 radical (unpaired) electrons. The number of hydrogen-bond donors (Lipinski definition) is 1. The first-order valence-corrected chi connectivity index (χ1v) is 9.78. The zero-order valence-electron chi connectivity index (χ0n) is 17.5. The lowest BCUT2D eigenvalue weighted by atomic mass is 10.0. The average Bonchev–Trinajstić information content (AvgIpc) is 3.24. The minimum absolute atomic E-state index is 0.0726. The third-order valence-corrected chi connectivity index (χ3v) is 4.58. The summed E-state index contributed by atoms with van der Waals surface area (Å²) in [4.78, 5) is 28.8. The third kappa shape index (κ3) is 5.93. The van der Waals surface area contributed by atoms with Gasteiger partial charge in [-0.15, -0.1) is 0 Å². The van der Waals surface area contributed by atoms with Crippen molar-refractivity contribution in [2.45, 2.75) is 32.7 Å². The maximum atomic E-state index is 13.8. The van der Waals surface area contributed by atoms with E-state index in [9.17, 15) is 27.2 Å². The number of carbonyl (C=O) groups excluding carboxylic acids is 2. The Morgan fingerprint density at radius 2 is 1.85 bits per heavy atom. The van der Waals surface area contributed by atoms with Crippen LogP contribution in [-0.2, 0) is 22.3 Å². The molecule has 1 N–H and O–H groups in total. The second-order valence-corrected chi connectivity index (χ2v) is 7.37. The third-order valence-electron chi connectivity index (χ3n) is 4.58. The smallest absolute Gasteiger partial charge is 0.416 e. The number of nitrogens with one attached hydrogen (secondary N) is 1. The lowest BCUT2D eigenvalue weighted by molar-refractivity contribution is -0.149. The first kappa shape index (κ1) is 23.9. The molecule has 0 bridgehead atoms. The van der Waals surface area contributed by atoms with Crippen molar-refractivity contribution in [2.24, 2.45) is 5.92 Å². The van der Waals surface area contributed by atoms with E-state index in [1.165, 1.54) is 30.3 Å². The maximum absolute atomic E-state index is 13.8. The largest absolute Gasteiger partial charge is 0.454 e. The molecule has 0 unspecified atom stereocenters. The van der Waals surface area contributed by atoms with Crippen LogP contribution < -0.4 is 5.32 Å². The highest BCUT2D eigenvalue weighted by atomic mass is 19.4. The second-order valence-electron chi connectivity index (χ2n) is 7.37. The van der Waals surface area contributed by atoms with Gasteiger partial charge in [-0.3, -0.25) is 4.79 Å². The summed E-state index contributed by atoms with van der Waals surface area (Å²) in [6.45, 7) is 2.85. The van der Waals surface area contributed by atoms with Crippen LogP contribution in [0.15, 0.2) is 53.1 Å². The molecule has 1 aromatic heterocycles. The Bertz CT molecular complexity index is 1140. The van der Waals surface area contributed by atoms with E-state index < -0.39 is 48.0 Å². The Hall–Kier alpha value is -3.76. The molecule has 0 saturated carbocycles. The summed E-state index contributed by atoms with van der Waals surface area (Å²) in [7, 11) is 0. The van der Waals surface area contributed by atoms with Gasteiger partial charge in [0.25, 0.3) is 11.8 Å². The van der Waals surface area contributed by atoms with Crippen LogP contribution >= 0.6 is 0 Å². The van der Waals surface area contributed by atoms with Crippen LogP contribution in [0.25, 0.3) is 11.4 Å². The molecular formula is C22H19F4N3O4. The molecule has 0 aliphatic heterocycles. The summed E-state index contributed by atoms with van der Waals surface area (Å²) < 4.78 is 62.6. The number of rotatable bonds is 7. The van der Waals surface area contributed by atoms with Crippen LogP contribution in [0.3, 0.4) is 0 Å². The Morgan fingerprint density at radius 3 is 2.52 bits per heavy atom. The van der Waals surface area contributed by atoms with Crippen LogP contribution in [-0.4, -0.2) is 28.1 Å². The van der Waals surface area contributed by atoms with Gasteiger partial charge in [0.2, 0.25) is 5.82 Å². The molecular weight excluding hydrogens is 446 g/mol. The van der Waals surface area contributed by atoms with E-state index in [1.54, 1.807) is 13.8 Å². The molecule has 1 heterocycles. The van der Waals surface area contributed by atoms with Gasteiger partial charge in [0.15, 0.2) is 6.61 Å². The first-order chi connectivity index (χ1) is 15.6. The molecule has 3 aromatic rings. The number of nitrogens with zero attached hydrogens (tertiary/aromatic N) is 2. The fraction of sp³-hybridized carbons (Fsp3) is 0.273. The summed E-state index contributed by atoms with van der Waals surface area (Å²) in [5.41, 5.74) is -1.02. The first-order valence-electron chi connectivity index (χ1n) is 9.78. The molecule has 0 fully saturated rings. The number of carbonyl (C=O) groups is 2. The predicted molar refractivity (Wildman–Crippen MR) is 107 cm³/mol. The molecule has 3 rings (SSSR count). The molecule has 0 saturated heterocycles. The number of halogens is 4. The minimum Gasteiger partial charge on any atom is -0.454 e. The molecule has 2 aromatic carbocycles. The molecule has 33 heavy (non-hydrogen) atoms. The lowest BCUT2D eigenvalue weighted by Gasteiger charge is -2.20. The molecule has 0 aliphatic carbocycles. The van der Waals surface area contributed by atoms with E-state index >= 15 is 0 Å². The van der Waals surface area contributed by atoms with Crippen LogP contribution in [0.1, 0.15) is 35.7 Å². The van der Waals surface area contributed by atoms with Crippen LogP contribution in [0.5, 0.6) is 0 Å². The molecule has 174 valence electrons. The monoisotopic (exact) mass is 465 g/mol. The Balaban J connectivity index is 1.65. The second kappa shape index (κ2) is 9.80. The zero-order chi connectivity index (χ0) is 24.2. The Labute approximate surface area is 185 Å². The fourth-order valence-electron chi connectivity index (χ4n) is 2.85. The van der Waals surface area contributed by atoms with Crippen molar-refractivity contribution in [2.75, 3.05) is 0 Å². The summed E-state index contributed by atoms with van der Waals surface area (Å²) >= 11 is 0. The van der Waals surface area contributed by atoms with Crippen LogP contribution in [0.2, 0.25) is 0 Å². The van der Waals surface area contributed by atoms with Gasteiger partial charge in [-0.2, -0.15) is 18.2 Å². The van der Waals surface area contributed by atoms with Crippen molar-refractivity contribution >= 4 is 11.9 Å². The van der Waals surface area contributed by atoms with Gasteiger partial charge in [0.05, 0.1) is 11.1 Å². The van der Waals surface area contributed by atoms with E-state index in [1.807, 2.05) is 0 Å². The summed E-state index contributed by atoms with van der Waals surface area (Å²) in [5, 5.41) is 6.04. The van der Waals surface area contributed by atoms with Crippen molar-refractivity contribution in [1.29, 1.82) is 0 Å². The quantitative estimate of drug-likeness (QED) is 0.411. The topological polar surface area (TPSA) is 94.3 Å². The van der Waals surface area contributed by atoms with Crippen LogP contribution in [0.4, 0.5) is 17.6 Å². The number of esters is 1. The Kier molecular flexibility index (Phi) is 7.10. The van der Waals surface area contributed by atoms with Crippen molar-refractivity contribution in [1.82, 2.24) is 15.5 Å². The van der Waals surface area contributed by atoms with E-state index in [-0.39, 0.29) is 22.8 Å². The Morgan fingerprint density at radius 1 is 1.12 bits per heavy atom. The highest BCUT2D eigenvalue weighted by Crippen LogP contribution is 2.31. The number of ether oxygens (including phenoxy) is 1. The van der Waals surface area contributed by atoms with Crippen molar-refractivity contribution in [3.05, 3.63) is 71.4 Å². The number of hydrogen-bond acceptors (Lipinski definition) is 6. The van der Waals surface area contributed by atoms with Gasteiger partial charge < -0.3 is 14.6 Å². The van der Waals surface area contributed by atoms with E-state index in [0.29, 0.717) is 0 Å². The lowest BCUT2D eigenvalue weighted by Crippen LogP contribution is -2.45. The van der Waals surface area contributed by atoms with Gasteiger partial charge in [0.1, 0.15) is 11.9 Å². The van der Waals surface area contributed by atoms with Gasteiger partial charge in [0, 0.05) is 5.56 Å². The molecule has 7 nitrogen and oxygen atoms in total. The number of amides is 1. The van der Waals surface area contributed by atoms with Crippen LogP contribution in [0, 0.1) is 11.7 Å². The van der Waals surface area contributed by atoms with Gasteiger partial charge in [-0.25, -0.2) is 9.18 Å². The summed E-state index contributed by atoms with van der Waals surface area (Å²) in [6, 6.07) is 8.58. The predicted octanol–water partition coefficient (Wildman–Crippen LogP) is 4.39. The molecule has 1 atom stereocenters. The molecule has 11 heteroatoms. The standard InChI is InChI=1S/C22H19F4N3O4/c1-12(2)18(28-20(30)15-8-3-4-9-16(15)23)21(31)32-11-17-27-19(29-33-17)13-6-5-7-14(10-13)22(24,25)26/h3-10,12,18H,11H2,1-2H3,(H,28,30)/t18-/m0/s1. The van der Waals surface area contributed by atoms with E-state index in [0.717, 1.165) is 18.2 Å². The summed E-state index contributed by atoms with van der Waals surface area (Å²) in [6.07, 6.45) is -4.53. The van der Waals surface area contributed by atoms with Crippen molar-refractivity contribution in [3.8, 4) is 11.4 Å². The number of benzene rings is 2. The van der Waals surface area contributed by atoms with Gasteiger partial charge >= 0.3 is 12.1 Å². The van der Waals surface area contributed by atoms with Gasteiger partial charge in [-0.05, 0) is 30.2 Å². The summed E-state index contributed by atoms with van der Waals surface area (Å²) in [5.74, 6) is -3.00. The fourth-order valence-corrected chi connectivity index (χ4v) is 2.85. The number of aromatic nitrogens is 2. The van der Waals surface area contributed by atoms with Crippen molar-refractivity contribution < 1.29 is 36.4 Å². The normalized spacial score (nSPS) is 12.5. The zero-order valence-corrected chi connectivity index (χ0v) is 17.5. The van der Waals surface area contributed by atoms with E-state index in [2.05, 4.69) is 15.5 Å². The highest BCUT2D eigenvalue weighted by molar-refractivity contribution is 5.97.